The number of esters is 2. The van der Waals surface area contributed by atoms with E-state index in [0.717, 1.165) is 0 Å². The summed E-state index contributed by atoms with van der Waals surface area (Å²) in [6.07, 6.45) is 0.142. The third-order valence-corrected chi connectivity index (χ3v) is 3.52. The number of aliphatic carboxylic acids is 1. The maximum atomic E-state index is 11.9. The highest BCUT2D eigenvalue weighted by Gasteiger charge is 2.46. The molecule has 0 rings (SSSR count). The van der Waals surface area contributed by atoms with Crippen molar-refractivity contribution in [1.82, 2.24) is 0 Å². The molecule has 0 bridgehead atoms. The van der Waals surface area contributed by atoms with Crippen LogP contribution in [0.1, 0.15) is 40.0 Å². The van der Waals surface area contributed by atoms with Gasteiger partial charge in [0.25, 0.3) is 0 Å². The molecule has 0 fully saturated rings. The lowest BCUT2D eigenvalue weighted by atomic mass is 9.70. The zero-order valence-corrected chi connectivity index (χ0v) is 12.1. The lowest BCUT2D eigenvalue weighted by molar-refractivity contribution is -0.164. The van der Waals surface area contributed by atoms with Gasteiger partial charge in [-0.2, -0.15) is 0 Å². The Balaban J connectivity index is 5.32. The minimum Gasteiger partial charge on any atom is -0.481 e. The SMILES string of the molecule is CCC(C)(CC(C)(CC(=O)OC)C(=O)OC)C(=O)O. The van der Waals surface area contributed by atoms with Crippen LogP contribution >= 0.6 is 0 Å². The molecule has 0 aromatic rings. The first-order valence-electron chi connectivity index (χ1n) is 6.04. The van der Waals surface area contributed by atoms with E-state index in [2.05, 4.69) is 4.74 Å². The van der Waals surface area contributed by atoms with Crippen molar-refractivity contribution in [2.24, 2.45) is 10.8 Å². The maximum absolute atomic E-state index is 11.9. The van der Waals surface area contributed by atoms with E-state index in [9.17, 15) is 19.5 Å². The van der Waals surface area contributed by atoms with Crippen LogP contribution in [-0.4, -0.2) is 37.2 Å². The van der Waals surface area contributed by atoms with E-state index < -0.39 is 28.7 Å². The molecule has 0 aromatic carbocycles. The summed E-state index contributed by atoms with van der Waals surface area (Å²) in [6, 6.07) is 0. The largest absolute Gasteiger partial charge is 0.481 e. The van der Waals surface area contributed by atoms with Crippen molar-refractivity contribution in [3.05, 3.63) is 0 Å². The minimum absolute atomic E-state index is 0.00755. The van der Waals surface area contributed by atoms with E-state index in [1.54, 1.807) is 13.8 Å². The van der Waals surface area contributed by atoms with Crippen molar-refractivity contribution < 1.29 is 29.0 Å². The van der Waals surface area contributed by atoms with Crippen LogP contribution in [0.5, 0.6) is 0 Å². The molecular weight excluding hydrogens is 252 g/mol. The molecule has 0 heterocycles. The summed E-state index contributed by atoms with van der Waals surface area (Å²) >= 11 is 0. The van der Waals surface area contributed by atoms with Crippen molar-refractivity contribution >= 4 is 17.9 Å². The molecule has 110 valence electrons. The zero-order valence-electron chi connectivity index (χ0n) is 12.1. The van der Waals surface area contributed by atoms with Crippen LogP contribution in [0.3, 0.4) is 0 Å². The normalized spacial score (nSPS) is 16.9. The first-order valence-corrected chi connectivity index (χ1v) is 6.04. The Morgan fingerprint density at radius 2 is 1.58 bits per heavy atom. The van der Waals surface area contributed by atoms with Crippen LogP contribution < -0.4 is 0 Å². The van der Waals surface area contributed by atoms with E-state index in [4.69, 9.17) is 4.74 Å². The lowest BCUT2D eigenvalue weighted by Gasteiger charge is -2.33. The van der Waals surface area contributed by atoms with Crippen molar-refractivity contribution in [2.45, 2.75) is 40.0 Å². The highest BCUT2D eigenvalue weighted by atomic mass is 16.5. The molecule has 2 atom stereocenters. The Kier molecular flexibility index (Phi) is 5.99. The van der Waals surface area contributed by atoms with Gasteiger partial charge in [0.15, 0.2) is 0 Å². The average molecular weight is 274 g/mol. The summed E-state index contributed by atoms with van der Waals surface area (Å²) in [5.41, 5.74) is -2.32. The highest BCUT2D eigenvalue weighted by molar-refractivity contribution is 5.84. The molecule has 6 heteroatoms. The molecule has 0 saturated heterocycles. The van der Waals surface area contributed by atoms with Crippen LogP contribution in [0.15, 0.2) is 0 Å². The molecule has 1 N–H and O–H groups in total. The fourth-order valence-corrected chi connectivity index (χ4v) is 2.06. The second-order valence-corrected chi connectivity index (χ2v) is 5.20. The van der Waals surface area contributed by atoms with Gasteiger partial charge >= 0.3 is 17.9 Å². The second kappa shape index (κ2) is 6.54. The Labute approximate surface area is 113 Å². The molecule has 6 nitrogen and oxygen atoms in total. The minimum atomic E-state index is -1.22. The Bertz CT molecular complexity index is 364. The maximum Gasteiger partial charge on any atom is 0.312 e. The number of rotatable bonds is 7. The Hall–Kier alpha value is -1.59. The molecule has 0 aliphatic rings. The van der Waals surface area contributed by atoms with Gasteiger partial charge in [0.2, 0.25) is 0 Å². The summed E-state index contributed by atoms with van der Waals surface area (Å²) < 4.78 is 9.25. The van der Waals surface area contributed by atoms with Crippen LogP contribution in [0, 0.1) is 10.8 Å². The van der Waals surface area contributed by atoms with Crippen LogP contribution in [0.25, 0.3) is 0 Å². The third-order valence-electron chi connectivity index (χ3n) is 3.52. The molecular formula is C13H22O6. The fourth-order valence-electron chi connectivity index (χ4n) is 2.06. The summed E-state index contributed by atoms with van der Waals surface area (Å²) in [4.78, 5) is 34.6. The van der Waals surface area contributed by atoms with Crippen LogP contribution in [-0.2, 0) is 23.9 Å². The first-order chi connectivity index (χ1) is 8.65. The standard InChI is InChI=1S/C13H22O6/c1-6-12(2,10(15)16)8-13(3,11(17)19-5)7-9(14)18-4/h6-8H2,1-5H3,(H,15,16). The molecule has 0 aromatic heterocycles. The van der Waals surface area contributed by atoms with Crippen molar-refractivity contribution in [2.75, 3.05) is 14.2 Å². The van der Waals surface area contributed by atoms with Gasteiger partial charge in [0.05, 0.1) is 31.5 Å². The van der Waals surface area contributed by atoms with Gasteiger partial charge in [-0.25, -0.2) is 0 Å². The number of carbonyl (C=O) groups excluding carboxylic acids is 2. The zero-order chi connectivity index (χ0) is 15.3. The van der Waals surface area contributed by atoms with Crippen LogP contribution in [0.2, 0.25) is 0 Å². The highest BCUT2D eigenvalue weighted by Crippen LogP contribution is 2.40. The fraction of sp³-hybridized carbons (Fsp3) is 0.769. The topological polar surface area (TPSA) is 89.9 Å². The lowest BCUT2D eigenvalue weighted by Crippen LogP contribution is -2.40. The quantitative estimate of drug-likeness (QED) is 0.709. The molecule has 0 spiro atoms. The van der Waals surface area contributed by atoms with Crippen molar-refractivity contribution in [3.63, 3.8) is 0 Å². The van der Waals surface area contributed by atoms with Crippen molar-refractivity contribution in [3.8, 4) is 0 Å². The van der Waals surface area contributed by atoms with Gasteiger partial charge < -0.3 is 14.6 Å². The third kappa shape index (κ3) is 4.22. The molecule has 0 aliphatic carbocycles. The Morgan fingerprint density at radius 3 is 1.89 bits per heavy atom. The second-order valence-electron chi connectivity index (χ2n) is 5.20. The molecule has 0 radical (unpaired) electrons. The van der Waals surface area contributed by atoms with Gasteiger partial charge in [0.1, 0.15) is 0 Å². The van der Waals surface area contributed by atoms with E-state index in [1.807, 2.05) is 0 Å². The van der Waals surface area contributed by atoms with E-state index in [1.165, 1.54) is 21.1 Å². The van der Waals surface area contributed by atoms with E-state index in [0.29, 0.717) is 6.42 Å². The molecule has 19 heavy (non-hydrogen) atoms. The smallest absolute Gasteiger partial charge is 0.312 e. The number of carboxylic acids is 1. The predicted molar refractivity (Wildman–Crippen MR) is 67.4 cm³/mol. The summed E-state index contributed by atoms with van der Waals surface area (Å²) in [6.45, 7) is 4.80. The number of carboxylic acid groups (broad SMARTS) is 1. The molecule has 2 unspecified atom stereocenters. The molecule has 0 amide bonds. The van der Waals surface area contributed by atoms with Gasteiger partial charge in [-0.05, 0) is 26.7 Å². The van der Waals surface area contributed by atoms with Crippen LogP contribution in [0.4, 0.5) is 0 Å². The molecule has 0 saturated carbocycles. The van der Waals surface area contributed by atoms with Gasteiger partial charge in [-0.1, -0.05) is 6.92 Å². The van der Waals surface area contributed by atoms with Crippen molar-refractivity contribution in [1.29, 1.82) is 0 Å². The Morgan fingerprint density at radius 1 is 1.05 bits per heavy atom. The van der Waals surface area contributed by atoms with Gasteiger partial charge in [0, 0.05) is 0 Å². The average Bonchev–Trinajstić information content (AvgIpc) is 2.36. The van der Waals surface area contributed by atoms with E-state index >= 15 is 0 Å². The summed E-state index contributed by atoms with van der Waals surface area (Å²) in [7, 11) is 2.43. The number of hydrogen-bond donors (Lipinski definition) is 1. The number of carbonyl (C=O) groups is 3. The summed E-state index contributed by atoms with van der Waals surface area (Å²) in [5, 5.41) is 9.27. The number of hydrogen-bond acceptors (Lipinski definition) is 5. The first kappa shape index (κ1) is 17.4. The predicted octanol–water partition coefficient (Wildman–Crippen LogP) is 1.62. The summed E-state index contributed by atoms with van der Waals surface area (Å²) in [5.74, 6) is -2.19. The van der Waals surface area contributed by atoms with E-state index in [-0.39, 0.29) is 12.8 Å². The number of methoxy groups -OCH3 is 2. The van der Waals surface area contributed by atoms with Gasteiger partial charge in [-0.3, -0.25) is 14.4 Å². The number of ether oxygens (including phenoxy) is 2. The van der Waals surface area contributed by atoms with Gasteiger partial charge in [-0.15, -0.1) is 0 Å². The molecule has 0 aliphatic heterocycles. The monoisotopic (exact) mass is 274 g/mol.